The number of H-pyrrole nitrogens is 1. The molecular formula is C9H9N5O3. The molecule has 0 radical (unpaired) electrons. The summed E-state index contributed by atoms with van der Waals surface area (Å²) in [4.78, 5) is 32.7. The summed E-state index contributed by atoms with van der Waals surface area (Å²) in [5.74, 6) is -0.00549. The summed E-state index contributed by atoms with van der Waals surface area (Å²) in [5, 5.41) is 3.85. The molecule has 0 saturated heterocycles. The lowest BCUT2D eigenvalue weighted by Crippen LogP contribution is -2.12. The molecule has 0 amide bonds. The Kier molecular flexibility index (Phi) is 2.69. The predicted octanol–water partition coefficient (Wildman–Crippen LogP) is -0.554. The molecule has 0 aromatic carbocycles. The number of esters is 1. The maximum absolute atomic E-state index is 11.2. The summed E-state index contributed by atoms with van der Waals surface area (Å²) >= 11 is 0. The molecule has 8 nitrogen and oxygen atoms in total. The second kappa shape index (κ2) is 4.16. The zero-order valence-corrected chi connectivity index (χ0v) is 9.17. The van der Waals surface area contributed by atoms with E-state index < -0.39 is 5.97 Å². The summed E-state index contributed by atoms with van der Waals surface area (Å²) in [5.41, 5.74) is -0.303. The number of ether oxygens (including phenoxy) is 1. The summed E-state index contributed by atoms with van der Waals surface area (Å²) in [6, 6.07) is 1.25. The van der Waals surface area contributed by atoms with Gasteiger partial charge < -0.3 is 9.72 Å². The third kappa shape index (κ3) is 2.19. The molecule has 0 atom stereocenters. The fraction of sp³-hybridized carbons (Fsp3) is 0.222. The van der Waals surface area contributed by atoms with Crippen molar-refractivity contribution in [3.8, 4) is 5.82 Å². The second-order valence-electron chi connectivity index (χ2n) is 3.19. The van der Waals surface area contributed by atoms with E-state index in [0.717, 1.165) is 0 Å². The monoisotopic (exact) mass is 235 g/mol. The van der Waals surface area contributed by atoms with Gasteiger partial charge in [0.2, 0.25) is 0 Å². The highest BCUT2D eigenvalue weighted by molar-refractivity contribution is 5.84. The van der Waals surface area contributed by atoms with E-state index in [0.29, 0.717) is 5.82 Å². The fourth-order valence-corrected chi connectivity index (χ4v) is 1.24. The smallest absolute Gasteiger partial charge is 0.377 e. The number of hydrogen-bond donors (Lipinski definition) is 1. The van der Waals surface area contributed by atoms with Gasteiger partial charge in [-0.1, -0.05) is 0 Å². The minimum absolute atomic E-state index is 0.0905. The number of carbonyl (C=O) groups excluding carboxylic acids is 1. The van der Waals surface area contributed by atoms with E-state index in [1.165, 1.54) is 24.2 Å². The minimum atomic E-state index is -0.648. The second-order valence-corrected chi connectivity index (χ2v) is 3.19. The van der Waals surface area contributed by atoms with Crippen molar-refractivity contribution in [2.45, 2.75) is 6.92 Å². The first kappa shape index (κ1) is 11.0. The number of nitrogens with zero attached hydrogens (tertiary/aromatic N) is 4. The van der Waals surface area contributed by atoms with Gasteiger partial charge in [0.05, 0.1) is 7.11 Å². The highest BCUT2D eigenvalue weighted by Gasteiger charge is 2.12. The minimum Gasteiger partial charge on any atom is -0.463 e. The van der Waals surface area contributed by atoms with Crippen LogP contribution < -0.4 is 5.56 Å². The Morgan fingerprint density at radius 1 is 1.53 bits per heavy atom. The summed E-state index contributed by atoms with van der Waals surface area (Å²) in [6.07, 6.45) is 1.29. The van der Waals surface area contributed by atoms with Crippen LogP contribution in [0.2, 0.25) is 0 Å². The molecule has 2 aromatic rings. The zero-order valence-electron chi connectivity index (χ0n) is 9.17. The number of rotatable bonds is 2. The van der Waals surface area contributed by atoms with E-state index in [1.54, 1.807) is 6.92 Å². The maximum atomic E-state index is 11.2. The van der Waals surface area contributed by atoms with Crippen molar-refractivity contribution < 1.29 is 9.53 Å². The summed E-state index contributed by atoms with van der Waals surface area (Å²) < 4.78 is 5.70. The largest absolute Gasteiger partial charge is 0.463 e. The lowest BCUT2D eigenvalue weighted by atomic mass is 10.5. The van der Waals surface area contributed by atoms with E-state index in [9.17, 15) is 9.59 Å². The van der Waals surface area contributed by atoms with Gasteiger partial charge in [0, 0.05) is 6.07 Å². The number of aromatic amines is 1. The topological polar surface area (TPSA) is 103 Å². The quantitative estimate of drug-likeness (QED) is 0.700. The highest BCUT2D eigenvalue weighted by Crippen LogP contribution is 2.00. The van der Waals surface area contributed by atoms with Gasteiger partial charge in [0.15, 0.2) is 5.82 Å². The maximum Gasteiger partial charge on any atom is 0.377 e. The van der Waals surface area contributed by atoms with Crippen molar-refractivity contribution in [2.75, 3.05) is 7.11 Å². The fourth-order valence-electron chi connectivity index (χ4n) is 1.24. The molecule has 88 valence electrons. The van der Waals surface area contributed by atoms with Crippen LogP contribution in [-0.2, 0) is 4.74 Å². The highest BCUT2D eigenvalue weighted by atomic mass is 16.5. The Bertz CT molecular complexity index is 615. The van der Waals surface area contributed by atoms with Crippen molar-refractivity contribution in [1.82, 2.24) is 24.7 Å². The van der Waals surface area contributed by atoms with Crippen LogP contribution in [0.5, 0.6) is 0 Å². The van der Waals surface area contributed by atoms with Crippen molar-refractivity contribution in [1.29, 1.82) is 0 Å². The third-order valence-electron chi connectivity index (χ3n) is 1.94. The molecule has 0 spiro atoms. The van der Waals surface area contributed by atoms with Crippen LogP contribution in [0.4, 0.5) is 0 Å². The lowest BCUT2D eigenvalue weighted by molar-refractivity contribution is 0.0587. The van der Waals surface area contributed by atoms with Crippen molar-refractivity contribution in [3.05, 3.63) is 34.4 Å². The van der Waals surface area contributed by atoms with Gasteiger partial charge in [0.25, 0.3) is 11.4 Å². The first-order valence-corrected chi connectivity index (χ1v) is 4.68. The van der Waals surface area contributed by atoms with Crippen LogP contribution in [-0.4, -0.2) is 37.8 Å². The van der Waals surface area contributed by atoms with Crippen LogP contribution in [0.25, 0.3) is 5.82 Å². The average Bonchev–Trinajstić information content (AvgIpc) is 2.76. The molecule has 8 heteroatoms. The Morgan fingerprint density at radius 2 is 2.29 bits per heavy atom. The van der Waals surface area contributed by atoms with Gasteiger partial charge in [-0.3, -0.25) is 4.79 Å². The average molecular weight is 235 g/mol. The molecule has 0 fully saturated rings. The van der Waals surface area contributed by atoms with E-state index in [-0.39, 0.29) is 17.2 Å². The Hall–Kier alpha value is -2.51. The molecule has 2 heterocycles. The molecule has 0 bridgehead atoms. The molecule has 1 N–H and O–H groups in total. The Labute approximate surface area is 95.3 Å². The van der Waals surface area contributed by atoms with Crippen molar-refractivity contribution in [3.63, 3.8) is 0 Å². The van der Waals surface area contributed by atoms with Gasteiger partial charge in [-0.05, 0) is 6.92 Å². The van der Waals surface area contributed by atoms with E-state index in [2.05, 4.69) is 24.8 Å². The number of methoxy groups -OCH3 is 1. The SMILES string of the molecule is COC(=O)c1ncn(-c2cc(=O)[nH]c(C)n2)n1. The van der Waals surface area contributed by atoms with E-state index >= 15 is 0 Å². The van der Waals surface area contributed by atoms with Gasteiger partial charge in [-0.2, -0.15) is 0 Å². The molecule has 0 aliphatic carbocycles. The normalized spacial score (nSPS) is 10.2. The van der Waals surface area contributed by atoms with Gasteiger partial charge in [-0.15, -0.1) is 5.10 Å². The summed E-state index contributed by atoms with van der Waals surface area (Å²) in [7, 11) is 1.23. The van der Waals surface area contributed by atoms with E-state index in [1.807, 2.05) is 0 Å². The van der Waals surface area contributed by atoms with E-state index in [4.69, 9.17) is 0 Å². The Balaban J connectivity index is 2.43. The van der Waals surface area contributed by atoms with Crippen LogP contribution in [0.15, 0.2) is 17.2 Å². The van der Waals surface area contributed by atoms with Crippen molar-refractivity contribution in [2.24, 2.45) is 0 Å². The van der Waals surface area contributed by atoms with Gasteiger partial charge in [-0.25, -0.2) is 19.4 Å². The number of aromatic nitrogens is 5. The molecular weight excluding hydrogens is 226 g/mol. The molecule has 0 saturated carbocycles. The van der Waals surface area contributed by atoms with Crippen molar-refractivity contribution >= 4 is 5.97 Å². The van der Waals surface area contributed by atoms with Crippen LogP contribution in [0, 0.1) is 6.92 Å². The molecule has 2 aromatic heterocycles. The predicted molar refractivity (Wildman–Crippen MR) is 55.9 cm³/mol. The zero-order chi connectivity index (χ0) is 12.4. The van der Waals surface area contributed by atoms with Gasteiger partial charge >= 0.3 is 5.97 Å². The molecule has 0 unspecified atom stereocenters. The lowest BCUT2D eigenvalue weighted by Gasteiger charge is -1.99. The molecule has 0 aliphatic heterocycles. The molecule has 17 heavy (non-hydrogen) atoms. The number of hydrogen-bond acceptors (Lipinski definition) is 6. The van der Waals surface area contributed by atoms with Crippen LogP contribution in [0.1, 0.15) is 16.4 Å². The van der Waals surface area contributed by atoms with Crippen LogP contribution in [0.3, 0.4) is 0 Å². The van der Waals surface area contributed by atoms with Gasteiger partial charge in [0.1, 0.15) is 12.2 Å². The number of aryl methyl sites for hydroxylation is 1. The Morgan fingerprint density at radius 3 is 2.94 bits per heavy atom. The third-order valence-corrected chi connectivity index (χ3v) is 1.94. The summed E-state index contributed by atoms with van der Waals surface area (Å²) in [6.45, 7) is 1.64. The first-order chi connectivity index (χ1) is 8.10. The molecule has 2 rings (SSSR count). The number of nitrogens with one attached hydrogen (secondary N) is 1. The standard InChI is InChI=1S/C9H9N5O3/c1-5-11-6(3-7(15)12-5)14-4-10-8(13-14)9(16)17-2/h3-4H,1-2H3,(H,11,12,15). The number of carbonyl (C=O) groups is 1. The van der Waals surface area contributed by atoms with Crippen LogP contribution >= 0.6 is 0 Å². The molecule has 0 aliphatic rings. The first-order valence-electron chi connectivity index (χ1n) is 4.68.